The Morgan fingerprint density at radius 1 is 1.19 bits per heavy atom. The Morgan fingerprint density at radius 3 is 2.19 bits per heavy atom. The number of carbonyl (C=O) groups is 2. The van der Waals surface area contributed by atoms with E-state index >= 15 is 0 Å². The summed E-state index contributed by atoms with van der Waals surface area (Å²) >= 11 is 8.93. The molecule has 0 N–H and O–H groups in total. The van der Waals surface area contributed by atoms with Crippen LogP contribution in [0.1, 0.15) is 27.7 Å². The smallest absolute Gasteiger partial charge is 0.319 e. The third kappa shape index (κ3) is 5.00. The summed E-state index contributed by atoms with van der Waals surface area (Å²) in [5.74, 6) is -0.516. The summed E-state index contributed by atoms with van der Waals surface area (Å²) in [6.45, 7) is 6.49. The normalized spacial score (nSPS) is 12.9. The van der Waals surface area contributed by atoms with Crippen LogP contribution in [0.3, 0.4) is 0 Å². The number of Topliss-reactive ketones (excluding diaryl/α,β-unsaturated/α-hetero) is 1. The van der Waals surface area contributed by atoms with Gasteiger partial charge in [-0.2, -0.15) is 0 Å². The molecule has 0 aromatic heterocycles. The van der Waals surface area contributed by atoms with Crippen LogP contribution in [0.2, 0.25) is 5.02 Å². The molecule has 6 heteroatoms. The first kappa shape index (κ1) is 18.0. The maximum Gasteiger partial charge on any atom is 0.319 e. The van der Waals surface area contributed by atoms with Crippen molar-refractivity contribution >= 4 is 39.3 Å². The van der Waals surface area contributed by atoms with Crippen molar-refractivity contribution in [2.75, 3.05) is 0 Å². The van der Waals surface area contributed by atoms with Crippen LogP contribution in [0, 0.1) is 5.41 Å². The molecule has 0 amide bonds. The number of hydrogen-bond acceptors (Lipinski definition) is 4. The lowest BCUT2D eigenvalue weighted by Crippen LogP contribution is -2.42. The van der Waals surface area contributed by atoms with Crippen molar-refractivity contribution in [2.24, 2.45) is 5.41 Å². The summed E-state index contributed by atoms with van der Waals surface area (Å²) in [5, 5.41) is -0.381. The molecule has 0 bridgehead atoms. The number of hydrogen-bond donors (Lipinski definition) is 0. The monoisotopic (exact) mass is 376 g/mol. The molecule has 0 heterocycles. The van der Waals surface area contributed by atoms with Crippen LogP contribution in [0.5, 0.6) is 5.75 Å². The molecule has 0 radical (unpaired) electrons. The van der Waals surface area contributed by atoms with E-state index in [9.17, 15) is 9.59 Å². The molecule has 0 saturated heterocycles. The standard InChI is InChI=1S/C15H18BrClO4/c1-9(2)20-14(19)15(3,4)12(18)13(16)21-11-7-5-10(17)6-8-11/h5-9,13H,1-4H3. The highest BCUT2D eigenvalue weighted by Crippen LogP contribution is 2.27. The summed E-state index contributed by atoms with van der Waals surface area (Å²) in [7, 11) is 0. The van der Waals surface area contributed by atoms with Crippen LogP contribution < -0.4 is 4.74 Å². The maximum absolute atomic E-state index is 12.4. The Bertz CT molecular complexity index is 511. The van der Waals surface area contributed by atoms with Gasteiger partial charge in [-0.3, -0.25) is 9.59 Å². The van der Waals surface area contributed by atoms with Crippen LogP contribution in [0.25, 0.3) is 0 Å². The van der Waals surface area contributed by atoms with Crippen LogP contribution in [-0.2, 0) is 14.3 Å². The fraction of sp³-hybridized carbons (Fsp3) is 0.467. The fourth-order valence-corrected chi connectivity index (χ4v) is 2.35. The third-order valence-electron chi connectivity index (χ3n) is 2.73. The molecule has 1 rings (SSSR count). The van der Waals surface area contributed by atoms with Crippen molar-refractivity contribution < 1.29 is 19.1 Å². The molecule has 0 aliphatic carbocycles. The molecule has 0 saturated carbocycles. The van der Waals surface area contributed by atoms with E-state index in [1.54, 1.807) is 38.1 Å². The van der Waals surface area contributed by atoms with Gasteiger partial charge in [0.2, 0.25) is 10.8 Å². The van der Waals surface area contributed by atoms with Gasteiger partial charge < -0.3 is 9.47 Å². The highest BCUT2D eigenvalue weighted by atomic mass is 79.9. The summed E-state index contributed by atoms with van der Waals surface area (Å²) in [6, 6.07) is 6.59. The average molecular weight is 378 g/mol. The van der Waals surface area contributed by atoms with Gasteiger partial charge in [-0.25, -0.2) is 0 Å². The second-order valence-electron chi connectivity index (χ2n) is 5.33. The van der Waals surface area contributed by atoms with Gasteiger partial charge in [0.15, 0.2) is 0 Å². The number of halogens is 2. The van der Waals surface area contributed by atoms with Gasteiger partial charge >= 0.3 is 5.97 Å². The van der Waals surface area contributed by atoms with Gasteiger partial charge in [-0.15, -0.1) is 0 Å². The zero-order chi connectivity index (χ0) is 16.2. The number of carbonyl (C=O) groups excluding carboxylic acids is 2. The molecule has 21 heavy (non-hydrogen) atoms. The lowest BCUT2D eigenvalue weighted by atomic mass is 9.88. The van der Waals surface area contributed by atoms with Gasteiger partial charge in [0.1, 0.15) is 11.2 Å². The SMILES string of the molecule is CC(C)OC(=O)C(C)(C)C(=O)C(Br)Oc1ccc(Cl)cc1. The molecule has 0 aliphatic heterocycles. The molecule has 1 aromatic carbocycles. The minimum Gasteiger partial charge on any atom is -0.471 e. The zero-order valence-electron chi connectivity index (χ0n) is 12.4. The summed E-state index contributed by atoms with van der Waals surface area (Å²) in [6.07, 6.45) is -0.282. The average Bonchev–Trinajstić information content (AvgIpc) is 2.39. The molecule has 4 nitrogen and oxygen atoms in total. The Hall–Kier alpha value is -1.07. The van der Waals surface area contributed by atoms with Gasteiger partial charge in [0.25, 0.3) is 0 Å². The van der Waals surface area contributed by atoms with Gasteiger partial charge in [0.05, 0.1) is 6.10 Å². The molecule has 1 aromatic rings. The minimum atomic E-state index is -1.30. The maximum atomic E-state index is 12.4. The number of benzene rings is 1. The van der Waals surface area contributed by atoms with Crippen LogP contribution in [-0.4, -0.2) is 22.9 Å². The van der Waals surface area contributed by atoms with Crippen molar-refractivity contribution in [3.05, 3.63) is 29.3 Å². The lowest BCUT2D eigenvalue weighted by molar-refractivity contribution is -0.162. The van der Waals surface area contributed by atoms with Crippen molar-refractivity contribution in [2.45, 2.75) is 38.8 Å². The molecular formula is C15H18BrClO4. The molecule has 1 unspecified atom stereocenters. The molecule has 0 fully saturated rings. The first-order chi connectivity index (χ1) is 9.64. The topological polar surface area (TPSA) is 52.6 Å². The van der Waals surface area contributed by atoms with Crippen LogP contribution >= 0.6 is 27.5 Å². The van der Waals surface area contributed by atoms with E-state index in [0.29, 0.717) is 10.8 Å². The third-order valence-corrected chi connectivity index (χ3v) is 3.58. The molecule has 0 spiro atoms. The number of alkyl halides is 1. The Morgan fingerprint density at radius 2 is 1.71 bits per heavy atom. The minimum absolute atomic E-state index is 0.282. The van der Waals surface area contributed by atoms with Crippen molar-refractivity contribution in [1.82, 2.24) is 0 Å². The van der Waals surface area contributed by atoms with E-state index < -0.39 is 22.2 Å². The summed E-state index contributed by atoms with van der Waals surface area (Å²) < 4.78 is 10.6. The summed E-state index contributed by atoms with van der Waals surface area (Å²) in [4.78, 5) is 24.3. The molecule has 116 valence electrons. The van der Waals surface area contributed by atoms with E-state index in [1.807, 2.05) is 0 Å². The number of esters is 1. The fourth-order valence-electron chi connectivity index (χ4n) is 1.43. The van der Waals surface area contributed by atoms with E-state index in [2.05, 4.69) is 15.9 Å². The number of rotatable bonds is 6. The van der Waals surface area contributed by atoms with Crippen LogP contribution in [0.4, 0.5) is 0 Å². The van der Waals surface area contributed by atoms with E-state index in [0.717, 1.165) is 0 Å². The molecule has 1 atom stereocenters. The quantitative estimate of drug-likeness (QED) is 0.427. The largest absolute Gasteiger partial charge is 0.471 e. The predicted molar refractivity (Wildman–Crippen MR) is 84.8 cm³/mol. The van der Waals surface area contributed by atoms with Gasteiger partial charge in [0, 0.05) is 5.02 Å². The molecule has 0 aliphatic rings. The zero-order valence-corrected chi connectivity index (χ0v) is 14.7. The predicted octanol–water partition coefficient (Wildman–Crippen LogP) is 3.99. The van der Waals surface area contributed by atoms with Crippen molar-refractivity contribution in [1.29, 1.82) is 0 Å². The second kappa shape index (κ2) is 7.27. The van der Waals surface area contributed by atoms with E-state index in [4.69, 9.17) is 21.1 Å². The number of ether oxygens (including phenoxy) is 2. The Labute approximate surface area is 137 Å². The van der Waals surface area contributed by atoms with Crippen molar-refractivity contribution in [3.8, 4) is 5.75 Å². The van der Waals surface area contributed by atoms with E-state index in [-0.39, 0.29) is 6.10 Å². The number of ketones is 1. The first-order valence-corrected chi connectivity index (χ1v) is 7.75. The second-order valence-corrected chi connectivity index (χ2v) is 6.60. The molecular weight excluding hydrogens is 360 g/mol. The van der Waals surface area contributed by atoms with Crippen molar-refractivity contribution in [3.63, 3.8) is 0 Å². The van der Waals surface area contributed by atoms with Gasteiger partial charge in [-0.1, -0.05) is 11.6 Å². The lowest BCUT2D eigenvalue weighted by Gasteiger charge is -2.25. The van der Waals surface area contributed by atoms with Gasteiger partial charge in [-0.05, 0) is 67.9 Å². The van der Waals surface area contributed by atoms with E-state index in [1.165, 1.54) is 13.8 Å². The first-order valence-electron chi connectivity index (χ1n) is 6.46. The highest BCUT2D eigenvalue weighted by molar-refractivity contribution is 9.09. The Kier molecular flexibility index (Phi) is 6.23. The summed E-state index contributed by atoms with van der Waals surface area (Å²) in [5.41, 5.74) is -1.30. The highest BCUT2D eigenvalue weighted by Gasteiger charge is 2.42. The van der Waals surface area contributed by atoms with Crippen LogP contribution in [0.15, 0.2) is 24.3 Å². The Balaban J connectivity index is 2.76.